The van der Waals surface area contributed by atoms with Crippen molar-refractivity contribution in [1.82, 2.24) is 19.6 Å². The lowest BCUT2D eigenvalue weighted by Crippen LogP contribution is -2.25. The third-order valence-corrected chi connectivity index (χ3v) is 4.58. The van der Waals surface area contributed by atoms with E-state index in [0.29, 0.717) is 30.0 Å². The van der Waals surface area contributed by atoms with Crippen LogP contribution in [0.1, 0.15) is 23.4 Å². The average molecular weight is 382 g/mol. The first-order valence-corrected chi connectivity index (χ1v) is 8.78. The highest BCUT2D eigenvalue weighted by Crippen LogP contribution is 2.19. The number of aryl methyl sites for hydroxylation is 2. The molecule has 0 fully saturated rings. The molecule has 1 N–H and O–H groups in total. The van der Waals surface area contributed by atoms with Gasteiger partial charge in [0.2, 0.25) is 5.91 Å². The largest absolute Gasteiger partial charge is 0.452 e. The van der Waals surface area contributed by atoms with Gasteiger partial charge in [-0.3, -0.25) is 9.69 Å². The number of hydrogen-bond acceptors (Lipinski definition) is 6. The Kier molecular flexibility index (Phi) is 5.53. The van der Waals surface area contributed by atoms with Crippen molar-refractivity contribution in [3.05, 3.63) is 47.5 Å². The summed E-state index contributed by atoms with van der Waals surface area (Å²) >= 11 is 0. The smallest absolute Gasteiger partial charge is 0.413 e. The number of rotatable bonds is 5. The molecule has 9 nitrogen and oxygen atoms in total. The zero-order valence-corrected chi connectivity index (χ0v) is 16.3. The Bertz CT molecular complexity index is 1010. The molecule has 3 rings (SSSR count). The van der Waals surface area contributed by atoms with Crippen LogP contribution in [0.2, 0.25) is 0 Å². The van der Waals surface area contributed by atoms with Crippen molar-refractivity contribution in [2.45, 2.75) is 26.7 Å². The summed E-state index contributed by atoms with van der Waals surface area (Å²) < 4.78 is 6.36. The minimum absolute atomic E-state index is 0.105. The van der Waals surface area contributed by atoms with Gasteiger partial charge in [0, 0.05) is 36.2 Å². The van der Waals surface area contributed by atoms with E-state index < -0.39 is 6.09 Å². The van der Waals surface area contributed by atoms with Crippen LogP contribution in [0, 0.1) is 13.8 Å². The molecule has 0 radical (unpaired) electrons. The Hall–Kier alpha value is -3.49. The van der Waals surface area contributed by atoms with Crippen molar-refractivity contribution >= 4 is 29.2 Å². The number of hydrogen-bond donors (Lipinski definition) is 1. The van der Waals surface area contributed by atoms with Crippen LogP contribution >= 0.6 is 0 Å². The van der Waals surface area contributed by atoms with E-state index in [4.69, 9.17) is 0 Å². The summed E-state index contributed by atoms with van der Waals surface area (Å²) in [7, 11) is 2.94. The van der Waals surface area contributed by atoms with Gasteiger partial charge in [-0.2, -0.15) is 10.1 Å². The van der Waals surface area contributed by atoms with Crippen LogP contribution in [-0.2, 0) is 16.0 Å². The summed E-state index contributed by atoms with van der Waals surface area (Å²) in [6.45, 7) is 3.85. The summed E-state index contributed by atoms with van der Waals surface area (Å²) in [5.74, 6) is 0.451. The zero-order valence-electron chi connectivity index (χ0n) is 16.3. The molecule has 0 saturated carbocycles. The van der Waals surface area contributed by atoms with Gasteiger partial charge in [-0.15, -0.1) is 0 Å². The molecule has 146 valence electrons. The van der Waals surface area contributed by atoms with Crippen molar-refractivity contribution in [2.24, 2.45) is 0 Å². The SMILES string of the molecule is COC(=O)N(C)c1ccc(NC(=O)CCc2c(C)nc3ncnn3c2C)cc1. The minimum atomic E-state index is -0.458. The molecular formula is C19H22N6O3. The molecule has 0 aliphatic rings. The standard InChI is InChI=1S/C19H22N6O3/c1-12-16(13(2)25-18(22-12)20-11-21-25)9-10-17(26)23-14-5-7-15(8-6-14)24(3)19(27)28-4/h5-8,11H,9-10H2,1-4H3,(H,23,26). The molecular weight excluding hydrogens is 360 g/mol. The summed E-state index contributed by atoms with van der Waals surface area (Å²) in [5, 5.41) is 7.03. The van der Waals surface area contributed by atoms with E-state index in [2.05, 4.69) is 25.1 Å². The number of carbonyl (C=O) groups excluding carboxylic acids is 2. The molecule has 2 heterocycles. The maximum Gasteiger partial charge on any atom is 0.413 e. The Labute approximate surface area is 162 Å². The minimum Gasteiger partial charge on any atom is -0.452 e. The number of aromatic nitrogens is 4. The number of amides is 2. The van der Waals surface area contributed by atoms with Crippen LogP contribution in [0.25, 0.3) is 5.78 Å². The molecule has 0 unspecified atom stereocenters. The molecule has 0 bridgehead atoms. The van der Waals surface area contributed by atoms with E-state index in [1.807, 2.05) is 13.8 Å². The second kappa shape index (κ2) is 8.03. The molecule has 3 aromatic rings. The second-order valence-electron chi connectivity index (χ2n) is 6.36. The van der Waals surface area contributed by atoms with Crippen LogP contribution in [0.4, 0.5) is 16.2 Å². The van der Waals surface area contributed by atoms with Crippen molar-refractivity contribution in [3.63, 3.8) is 0 Å². The molecule has 2 aromatic heterocycles. The zero-order chi connectivity index (χ0) is 20.3. The Morgan fingerprint density at radius 1 is 1.21 bits per heavy atom. The number of anilines is 2. The van der Waals surface area contributed by atoms with Gasteiger partial charge in [-0.1, -0.05) is 0 Å². The van der Waals surface area contributed by atoms with E-state index >= 15 is 0 Å². The topological polar surface area (TPSA) is 102 Å². The van der Waals surface area contributed by atoms with E-state index in [9.17, 15) is 9.59 Å². The lowest BCUT2D eigenvalue weighted by atomic mass is 10.1. The number of carbonyl (C=O) groups is 2. The number of fused-ring (bicyclic) bond motifs is 1. The molecule has 2 amide bonds. The fourth-order valence-electron chi connectivity index (χ4n) is 2.99. The molecule has 9 heteroatoms. The fourth-order valence-corrected chi connectivity index (χ4v) is 2.99. The number of benzene rings is 1. The van der Waals surface area contributed by atoms with Crippen LogP contribution < -0.4 is 10.2 Å². The van der Waals surface area contributed by atoms with Gasteiger partial charge >= 0.3 is 6.09 Å². The number of methoxy groups -OCH3 is 1. The quantitative estimate of drug-likeness (QED) is 0.727. The van der Waals surface area contributed by atoms with Crippen LogP contribution in [0.3, 0.4) is 0 Å². The molecule has 0 aliphatic heterocycles. The third-order valence-electron chi connectivity index (χ3n) is 4.58. The maximum absolute atomic E-state index is 12.3. The van der Waals surface area contributed by atoms with Crippen LogP contribution in [0.5, 0.6) is 0 Å². The highest BCUT2D eigenvalue weighted by molar-refractivity contribution is 5.92. The molecule has 0 saturated heterocycles. The predicted octanol–water partition coefficient (Wildman–Crippen LogP) is 2.52. The average Bonchev–Trinajstić information content (AvgIpc) is 3.15. The summed E-state index contributed by atoms with van der Waals surface area (Å²) in [4.78, 5) is 33.8. The van der Waals surface area contributed by atoms with Gasteiger partial charge in [-0.25, -0.2) is 14.3 Å². The highest BCUT2D eigenvalue weighted by atomic mass is 16.5. The molecule has 0 aliphatic carbocycles. The van der Waals surface area contributed by atoms with E-state index in [0.717, 1.165) is 17.0 Å². The van der Waals surface area contributed by atoms with Gasteiger partial charge in [0.1, 0.15) is 6.33 Å². The van der Waals surface area contributed by atoms with Gasteiger partial charge in [0.25, 0.3) is 5.78 Å². The Morgan fingerprint density at radius 2 is 1.93 bits per heavy atom. The number of ether oxygens (including phenoxy) is 1. The Morgan fingerprint density at radius 3 is 2.61 bits per heavy atom. The lowest BCUT2D eigenvalue weighted by molar-refractivity contribution is -0.116. The molecule has 0 spiro atoms. The maximum atomic E-state index is 12.3. The van der Waals surface area contributed by atoms with Crippen LogP contribution in [-0.4, -0.2) is 45.7 Å². The van der Waals surface area contributed by atoms with Gasteiger partial charge in [-0.05, 0) is 50.1 Å². The van der Waals surface area contributed by atoms with Gasteiger partial charge < -0.3 is 10.1 Å². The van der Waals surface area contributed by atoms with Crippen molar-refractivity contribution in [3.8, 4) is 0 Å². The normalized spacial score (nSPS) is 10.7. The first kappa shape index (κ1) is 19.3. The van der Waals surface area contributed by atoms with Crippen molar-refractivity contribution < 1.29 is 14.3 Å². The molecule has 0 atom stereocenters. The van der Waals surface area contributed by atoms with Crippen molar-refractivity contribution in [2.75, 3.05) is 24.4 Å². The van der Waals surface area contributed by atoms with E-state index in [1.54, 1.807) is 35.8 Å². The molecule has 1 aromatic carbocycles. The summed E-state index contributed by atoms with van der Waals surface area (Å²) in [6, 6.07) is 6.96. The third kappa shape index (κ3) is 3.93. The predicted molar refractivity (Wildman–Crippen MR) is 104 cm³/mol. The lowest BCUT2D eigenvalue weighted by Gasteiger charge is -2.16. The van der Waals surface area contributed by atoms with Gasteiger partial charge in [0.05, 0.1) is 7.11 Å². The van der Waals surface area contributed by atoms with Crippen molar-refractivity contribution in [1.29, 1.82) is 0 Å². The summed E-state index contributed by atoms with van der Waals surface area (Å²) in [5.41, 5.74) is 4.10. The van der Waals surface area contributed by atoms with Crippen LogP contribution in [0.15, 0.2) is 30.6 Å². The highest BCUT2D eigenvalue weighted by Gasteiger charge is 2.13. The molecule has 28 heavy (non-hydrogen) atoms. The Balaban J connectivity index is 1.63. The second-order valence-corrected chi connectivity index (χ2v) is 6.36. The number of nitrogens with zero attached hydrogens (tertiary/aromatic N) is 5. The first-order chi connectivity index (χ1) is 13.4. The number of nitrogens with one attached hydrogen (secondary N) is 1. The summed E-state index contributed by atoms with van der Waals surface area (Å²) in [6.07, 6.45) is 1.87. The fraction of sp³-hybridized carbons (Fsp3) is 0.316. The van der Waals surface area contributed by atoms with E-state index in [1.165, 1.54) is 18.3 Å². The van der Waals surface area contributed by atoms with E-state index in [-0.39, 0.29) is 5.91 Å². The monoisotopic (exact) mass is 382 g/mol. The van der Waals surface area contributed by atoms with Gasteiger partial charge in [0.15, 0.2) is 0 Å². The first-order valence-electron chi connectivity index (χ1n) is 8.78.